The third-order valence-corrected chi connectivity index (χ3v) is 4.44. The Morgan fingerprint density at radius 3 is 2.38 bits per heavy atom. The molecule has 1 heterocycles. The maximum Gasteiger partial charge on any atom is 0.256 e. The van der Waals surface area contributed by atoms with Crippen molar-refractivity contribution in [1.29, 1.82) is 0 Å². The first-order valence-corrected chi connectivity index (χ1v) is 8.59. The predicted molar refractivity (Wildman–Crippen MR) is 107 cm³/mol. The summed E-state index contributed by atoms with van der Waals surface area (Å²) in [6, 6.07) is 25.4. The first-order chi connectivity index (χ1) is 12.7. The van der Waals surface area contributed by atoms with Gasteiger partial charge in [-0.15, -0.1) is 0 Å². The summed E-state index contributed by atoms with van der Waals surface area (Å²) in [5.41, 5.74) is 2.79. The van der Waals surface area contributed by atoms with Gasteiger partial charge < -0.3 is 5.32 Å². The summed E-state index contributed by atoms with van der Waals surface area (Å²) in [4.78, 5) is 16.5. The van der Waals surface area contributed by atoms with E-state index in [1.165, 1.54) is 17.0 Å². The van der Waals surface area contributed by atoms with Crippen LogP contribution >= 0.6 is 11.6 Å². The Labute approximate surface area is 156 Å². The molecule has 4 aromatic rings. The van der Waals surface area contributed by atoms with Gasteiger partial charge in [-0.25, -0.2) is 4.98 Å². The van der Waals surface area contributed by atoms with Crippen molar-refractivity contribution in [2.24, 2.45) is 0 Å². The van der Waals surface area contributed by atoms with Gasteiger partial charge in [0.05, 0.1) is 5.02 Å². The van der Waals surface area contributed by atoms with Crippen molar-refractivity contribution in [2.75, 3.05) is 5.32 Å². The van der Waals surface area contributed by atoms with Gasteiger partial charge in [0.1, 0.15) is 5.82 Å². The number of hydrogen-bond donors (Lipinski definition) is 1. The highest BCUT2D eigenvalue weighted by Crippen LogP contribution is 2.28. The number of amides is 1. The Morgan fingerprint density at radius 1 is 0.846 bits per heavy atom. The molecule has 0 radical (unpaired) electrons. The van der Waals surface area contributed by atoms with Crippen LogP contribution in [-0.4, -0.2) is 10.9 Å². The van der Waals surface area contributed by atoms with E-state index in [1.807, 2.05) is 42.5 Å². The molecule has 4 rings (SSSR count). The van der Waals surface area contributed by atoms with E-state index in [-0.39, 0.29) is 5.91 Å². The molecule has 0 spiro atoms. The van der Waals surface area contributed by atoms with Crippen LogP contribution in [0.25, 0.3) is 21.9 Å². The van der Waals surface area contributed by atoms with Crippen LogP contribution in [0.2, 0.25) is 5.02 Å². The lowest BCUT2D eigenvalue weighted by Crippen LogP contribution is -2.12. The second kappa shape index (κ2) is 6.98. The number of fused-ring (bicyclic) bond motifs is 1. The van der Waals surface area contributed by atoms with E-state index in [2.05, 4.69) is 34.6 Å². The molecule has 126 valence electrons. The number of halogens is 1. The minimum atomic E-state index is -0.204. The van der Waals surface area contributed by atoms with Gasteiger partial charge in [-0.3, -0.25) is 4.79 Å². The number of pyridine rings is 1. The zero-order chi connectivity index (χ0) is 17.9. The Kier molecular flexibility index (Phi) is 4.38. The van der Waals surface area contributed by atoms with E-state index in [9.17, 15) is 4.79 Å². The fourth-order valence-electron chi connectivity index (χ4n) is 2.92. The molecule has 1 amide bonds. The van der Waals surface area contributed by atoms with Crippen molar-refractivity contribution in [1.82, 2.24) is 4.98 Å². The van der Waals surface area contributed by atoms with Gasteiger partial charge in [0, 0.05) is 11.8 Å². The number of nitrogens with one attached hydrogen (secondary N) is 1. The van der Waals surface area contributed by atoms with Gasteiger partial charge in [-0.2, -0.15) is 0 Å². The maximum atomic E-state index is 12.4. The number of carbonyl (C=O) groups is 1. The van der Waals surface area contributed by atoms with Crippen LogP contribution in [0.4, 0.5) is 5.82 Å². The second-order valence-corrected chi connectivity index (χ2v) is 6.36. The van der Waals surface area contributed by atoms with E-state index in [4.69, 9.17) is 11.6 Å². The number of aromatic nitrogens is 1. The first-order valence-electron chi connectivity index (χ1n) is 8.22. The highest BCUT2D eigenvalue weighted by atomic mass is 35.5. The molecule has 1 N–H and O–H groups in total. The van der Waals surface area contributed by atoms with Crippen molar-refractivity contribution in [3.05, 3.63) is 95.6 Å². The van der Waals surface area contributed by atoms with Gasteiger partial charge in [-0.1, -0.05) is 66.2 Å². The third-order valence-electron chi connectivity index (χ3n) is 4.22. The average molecular weight is 359 g/mol. The maximum absolute atomic E-state index is 12.4. The number of rotatable bonds is 3. The average Bonchev–Trinajstić information content (AvgIpc) is 2.69. The van der Waals surface area contributed by atoms with Gasteiger partial charge in [0.25, 0.3) is 5.91 Å². The Bertz CT molecular complexity index is 1070. The minimum absolute atomic E-state index is 0.204. The third kappa shape index (κ3) is 3.30. The van der Waals surface area contributed by atoms with Crippen LogP contribution in [0.15, 0.2) is 85.1 Å². The summed E-state index contributed by atoms with van der Waals surface area (Å²) < 4.78 is 0. The molecule has 3 nitrogen and oxygen atoms in total. The zero-order valence-electron chi connectivity index (χ0n) is 13.8. The molecular weight excluding hydrogens is 344 g/mol. The Balaban J connectivity index is 1.60. The Morgan fingerprint density at radius 2 is 1.62 bits per heavy atom. The summed E-state index contributed by atoms with van der Waals surface area (Å²) in [5.74, 6) is 0.266. The Hall–Kier alpha value is -3.17. The van der Waals surface area contributed by atoms with Crippen LogP contribution < -0.4 is 5.32 Å². The number of nitrogens with zero attached hydrogens (tertiary/aromatic N) is 1. The highest BCUT2D eigenvalue weighted by molar-refractivity contribution is 6.30. The molecule has 3 aromatic carbocycles. The van der Waals surface area contributed by atoms with E-state index in [0.29, 0.717) is 16.4 Å². The molecule has 0 aliphatic carbocycles. The zero-order valence-corrected chi connectivity index (χ0v) is 14.6. The molecule has 0 saturated carbocycles. The normalized spacial score (nSPS) is 10.7. The smallest absolute Gasteiger partial charge is 0.256 e. The number of hydrogen-bond acceptors (Lipinski definition) is 2. The SMILES string of the molecule is O=C(Nc1ccc(Cl)cn1)c1ccc(-c2cccc3ccccc23)cc1. The molecule has 0 atom stereocenters. The number of benzene rings is 3. The lowest BCUT2D eigenvalue weighted by atomic mass is 9.97. The molecule has 4 heteroatoms. The molecule has 0 aliphatic heterocycles. The monoisotopic (exact) mass is 358 g/mol. The molecular formula is C22H15ClN2O. The second-order valence-electron chi connectivity index (χ2n) is 5.92. The molecule has 0 unspecified atom stereocenters. The van der Waals surface area contributed by atoms with Crippen LogP contribution in [0.3, 0.4) is 0 Å². The van der Waals surface area contributed by atoms with Crippen LogP contribution in [0.5, 0.6) is 0 Å². The predicted octanol–water partition coefficient (Wildman–Crippen LogP) is 5.81. The van der Waals surface area contributed by atoms with Crippen molar-refractivity contribution in [3.63, 3.8) is 0 Å². The fraction of sp³-hybridized carbons (Fsp3) is 0. The van der Waals surface area contributed by atoms with Crippen LogP contribution in [0.1, 0.15) is 10.4 Å². The summed E-state index contributed by atoms with van der Waals surface area (Å²) in [5, 5.41) is 5.68. The fourth-order valence-corrected chi connectivity index (χ4v) is 3.03. The van der Waals surface area contributed by atoms with Gasteiger partial charge in [0.2, 0.25) is 0 Å². The van der Waals surface area contributed by atoms with Crippen molar-refractivity contribution < 1.29 is 4.79 Å². The summed E-state index contributed by atoms with van der Waals surface area (Å²) >= 11 is 5.81. The van der Waals surface area contributed by atoms with E-state index in [1.54, 1.807) is 12.1 Å². The quantitative estimate of drug-likeness (QED) is 0.502. The first kappa shape index (κ1) is 16.3. The van der Waals surface area contributed by atoms with Gasteiger partial charge in [-0.05, 0) is 46.2 Å². The lowest BCUT2D eigenvalue weighted by molar-refractivity contribution is 0.102. The van der Waals surface area contributed by atoms with E-state index < -0.39 is 0 Å². The lowest BCUT2D eigenvalue weighted by Gasteiger charge is -2.08. The minimum Gasteiger partial charge on any atom is -0.307 e. The molecule has 1 aromatic heterocycles. The molecule has 0 aliphatic rings. The van der Waals surface area contributed by atoms with Crippen molar-refractivity contribution >= 4 is 34.1 Å². The van der Waals surface area contributed by atoms with E-state index >= 15 is 0 Å². The summed E-state index contributed by atoms with van der Waals surface area (Å²) in [7, 11) is 0. The molecule has 26 heavy (non-hydrogen) atoms. The van der Waals surface area contributed by atoms with E-state index in [0.717, 1.165) is 11.1 Å². The number of carbonyl (C=O) groups excluding carboxylic acids is 1. The standard InChI is InChI=1S/C22H15ClN2O/c23-18-12-13-21(24-14-18)25-22(26)17-10-8-16(9-11-17)20-7-3-5-15-4-1-2-6-19(15)20/h1-14H,(H,24,25,26). The van der Waals surface area contributed by atoms with Gasteiger partial charge >= 0.3 is 0 Å². The largest absolute Gasteiger partial charge is 0.307 e. The summed E-state index contributed by atoms with van der Waals surface area (Å²) in [6.45, 7) is 0. The summed E-state index contributed by atoms with van der Waals surface area (Å²) in [6.07, 6.45) is 1.50. The highest BCUT2D eigenvalue weighted by Gasteiger charge is 2.08. The molecule has 0 saturated heterocycles. The number of anilines is 1. The van der Waals surface area contributed by atoms with Gasteiger partial charge in [0.15, 0.2) is 0 Å². The molecule has 0 bridgehead atoms. The van der Waals surface area contributed by atoms with Crippen LogP contribution in [0, 0.1) is 0 Å². The topological polar surface area (TPSA) is 42.0 Å². The van der Waals surface area contributed by atoms with Crippen LogP contribution in [-0.2, 0) is 0 Å². The molecule has 0 fully saturated rings. The van der Waals surface area contributed by atoms with Crippen molar-refractivity contribution in [2.45, 2.75) is 0 Å². The van der Waals surface area contributed by atoms with Crippen molar-refractivity contribution in [3.8, 4) is 11.1 Å².